The Bertz CT molecular complexity index is 462. The molecule has 1 aromatic carbocycles. The molecule has 0 aliphatic heterocycles. The zero-order valence-corrected chi connectivity index (χ0v) is 8.20. The molecular weight excluding hydrogens is 180 g/mol. The Labute approximate surface area is 81.6 Å². The van der Waals surface area contributed by atoms with E-state index in [0.29, 0.717) is 6.54 Å². The van der Waals surface area contributed by atoms with Crippen molar-refractivity contribution in [1.29, 1.82) is 0 Å². The molecule has 0 saturated heterocycles. The molecule has 1 heterocycles. The van der Waals surface area contributed by atoms with Gasteiger partial charge in [0.15, 0.2) is 5.58 Å². The van der Waals surface area contributed by atoms with Crippen molar-refractivity contribution in [1.82, 2.24) is 5.16 Å². The highest BCUT2D eigenvalue weighted by Gasteiger charge is 2.12. The standard InChI is InChI=1S/C10H12N2O2/c1-6-7-3-4-9(13-2)8(5-11)10(7)14-12-6/h3-4H,5,11H2,1-2H3. The third-order valence-electron chi connectivity index (χ3n) is 2.31. The van der Waals surface area contributed by atoms with E-state index in [4.69, 9.17) is 15.0 Å². The van der Waals surface area contributed by atoms with Gasteiger partial charge in [0.05, 0.1) is 18.4 Å². The van der Waals surface area contributed by atoms with E-state index in [1.807, 2.05) is 19.1 Å². The quantitative estimate of drug-likeness (QED) is 0.785. The van der Waals surface area contributed by atoms with Crippen LogP contribution in [0.3, 0.4) is 0 Å². The van der Waals surface area contributed by atoms with Crippen LogP contribution >= 0.6 is 0 Å². The SMILES string of the molecule is COc1ccc2c(C)noc2c1CN. The monoisotopic (exact) mass is 192 g/mol. The Morgan fingerprint density at radius 2 is 2.29 bits per heavy atom. The van der Waals surface area contributed by atoms with Crippen LogP contribution in [0.1, 0.15) is 11.3 Å². The number of nitrogens with zero attached hydrogens (tertiary/aromatic N) is 1. The molecule has 0 atom stereocenters. The van der Waals surface area contributed by atoms with E-state index in [2.05, 4.69) is 5.16 Å². The van der Waals surface area contributed by atoms with Crippen LogP contribution in [0.5, 0.6) is 5.75 Å². The molecule has 1 aromatic heterocycles. The first-order chi connectivity index (χ1) is 6.77. The summed E-state index contributed by atoms with van der Waals surface area (Å²) >= 11 is 0. The molecule has 4 nitrogen and oxygen atoms in total. The van der Waals surface area contributed by atoms with E-state index in [1.165, 1.54) is 0 Å². The summed E-state index contributed by atoms with van der Waals surface area (Å²) in [5.41, 5.74) is 8.10. The fourth-order valence-electron chi connectivity index (χ4n) is 1.55. The maximum absolute atomic E-state index is 5.63. The summed E-state index contributed by atoms with van der Waals surface area (Å²) in [6.07, 6.45) is 0. The smallest absolute Gasteiger partial charge is 0.175 e. The second-order valence-corrected chi connectivity index (χ2v) is 3.10. The van der Waals surface area contributed by atoms with Gasteiger partial charge >= 0.3 is 0 Å². The van der Waals surface area contributed by atoms with Crippen molar-refractivity contribution in [2.45, 2.75) is 13.5 Å². The van der Waals surface area contributed by atoms with Crippen LogP contribution in [0.4, 0.5) is 0 Å². The van der Waals surface area contributed by atoms with Crippen molar-refractivity contribution >= 4 is 11.0 Å². The third-order valence-corrected chi connectivity index (χ3v) is 2.31. The van der Waals surface area contributed by atoms with E-state index in [0.717, 1.165) is 28.0 Å². The number of nitrogens with two attached hydrogens (primary N) is 1. The van der Waals surface area contributed by atoms with Crippen LogP contribution < -0.4 is 10.5 Å². The van der Waals surface area contributed by atoms with Crippen molar-refractivity contribution in [3.8, 4) is 5.75 Å². The van der Waals surface area contributed by atoms with Gasteiger partial charge in [-0.15, -0.1) is 0 Å². The van der Waals surface area contributed by atoms with Gasteiger partial charge < -0.3 is 15.0 Å². The van der Waals surface area contributed by atoms with Crippen LogP contribution in [0.25, 0.3) is 11.0 Å². The summed E-state index contributed by atoms with van der Waals surface area (Å²) in [6, 6.07) is 3.81. The first kappa shape index (κ1) is 9.02. The van der Waals surface area contributed by atoms with E-state index in [-0.39, 0.29) is 0 Å². The van der Waals surface area contributed by atoms with Gasteiger partial charge in [-0.25, -0.2) is 0 Å². The number of hydrogen-bond donors (Lipinski definition) is 1. The summed E-state index contributed by atoms with van der Waals surface area (Å²) in [4.78, 5) is 0. The second-order valence-electron chi connectivity index (χ2n) is 3.10. The number of hydrogen-bond acceptors (Lipinski definition) is 4. The van der Waals surface area contributed by atoms with Gasteiger partial charge in [0, 0.05) is 11.9 Å². The topological polar surface area (TPSA) is 61.3 Å². The van der Waals surface area contributed by atoms with Crippen LogP contribution in [0.2, 0.25) is 0 Å². The number of aromatic nitrogens is 1. The highest BCUT2D eigenvalue weighted by molar-refractivity contribution is 5.84. The lowest BCUT2D eigenvalue weighted by Crippen LogP contribution is -2.00. The lowest BCUT2D eigenvalue weighted by Gasteiger charge is -2.05. The molecule has 0 aliphatic carbocycles. The average Bonchev–Trinajstić information content (AvgIpc) is 2.59. The molecule has 14 heavy (non-hydrogen) atoms. The molecule has 0 saturated carbocycles. The van der Waals surface area contributed by atoms with Gasteiger partial charge in [0.2, 0.25) is 0 Å². The number of rotatable bonds is 2. The molecule has 0 unspecified atom stereocenters. The van der Waals surface area contributed by atoms with Crippen LogP contribution in [0, 0.1) is 6.92 Å². The van der Waals surface area contributed by atoms with Crippen LogP contribution in [0.15, 0.2) is 16.7 Å². The van der Waals surface area contributed by atoms with Crippen molar-refractivity contribution in [3.63, 3.8) is 0 Å². The predicted octanol–water partition coefficient (Wildman–Crippen LogP) is 1.60. The molecule has 0 aliphatic rings. The Morgan fingerprint density at radius 3 is 2.93 bits per heavy atom. The molecule has 0 radical (unpaired) electrons. The summed E-state index contributed by atoms with van der Waals surface area (Å²) in [7, 11) is 1.61. The Hall–Kier alpha value is -1.55. The van der Waals surface area contributed by atoms with Crippen molar-refractivity contribution in [2.24, 2.45) is 5.73 Å². The van der Waals surface area contributed by atoms with Crippen LogP contribution in [-0.2, 0) is 6.54 Å². The van der Waals surface area contributed by atoms with Gasteiger partial charge in [-0.1, -0.05) is 5.16 Å². The minimum Gasteiger partial charge on any atom is -0.496 e. The molecular formula is C10H12N2O2. The van der Waals surface area contributed by atoms with Gasteiger partial charge in [0.1, 0.15) is 5.75 Å². The van der Waals surface area contributed by atoms with E-state index < -0.39 is 0 Å². The molecule has 0 amide bonds. The normalized spacial score (nSPS) is 10.8. The van der Waals surface area contributed by atoms with E-state index in [1.54, 1.807) is 7.11 Å². The van der Waals surface area contributed by atoms with E-state index >= 15 is 0 Å². The average molecular weight is 192 g/mol. The molecule has 2 N–H and O–H groups in total. The zero-order chi connectivity index (χ0) is 10.1. The van der Waals surface area contributed by atoms with Crippen molar-refractivity contribution < 1.29 is 9.26 Å². The minimum atomic E-state index is 0.384. The second kappa shape index (κ2) is 3.31. The fraction of sp³-hybridized carbons (Fsp3) is 0.300. The number of benzene rings is 1. The maximum Gasteiger partial charge on any atom is 0.175 e. The maximum atomic E-state index is 5.63. The lowest BCUT2D eigenvalue weighted by atomic mass is 10.1. The van der Waals surface area contributed by atoms with Gasteiger partial charge in [0.25, 0.3) is 0 Å². The molecule has 4 heteroatoms. The van der Waals surface area contributed by atoms with Crippen molar-refractivity contribution in [3.05, 3.63) is 23.4 Å². The van der Waals surface area contributed by atoms with Crippen molar-refractivity contribution in [2.75, 3.05) is 7.11 Å². The highest BCUT2D eigenvalue weighted by Crippen LogP contribution is 2.29. The first-order valence-electron chi connectivity index (χ1n) is 4.40. The Balaban J connectivity index is 2.77. The van der Waals surface area contributed by atoms with E-state index in [9.17, 15) is 0 Å². The Morgan fingerprint density at radius 1 is 1.50 bits per heavy atom. The molecule has 0 spiro atoms. The number of fused-ring (bicyclic) bond motifs is 1. The molecule has 2 aromatic rings. The highest BCUT2D eigenvalue weighted by atomic mass is 16.5. The lowest BCUT2D eigenvalue weighted by molar-refractivity contribution is 0.405. The number of aryl methyl sites for hydroxylation is 1. The molecule has 2 rings (SSSR count). The number of methoxy groups -OCH3 is 1. The molecule has 74 valence electrons. The summed E-state index contributed by atoms with van der Waals surface area (Å²) < 4.78 is 10.4. The van der Waals surface area contributed by atoms with Gasteiger partial charge in [-0.05, 0) is 19.1 Å². The van der Waals surface area contributed by atoms with Gasteiger partial charge in [-0.2, -0.15) is 0 Å². The van der Waals surface area contributed by atoms with Crippen LogP contribution in [-0.4, -0.2) is 12.3 Å². The summed E-state index contributed by atoms with van der Waals surface area (Å²) in [6.45, 7) is 2.29. The largest absolute Gasteiger partial charge is 0.496 e. The minimum absolute atomic E-state index is 0.384. The summed E-state index contributed by atoms with van der Waals surface area (Å²) in [5, 5.41) is 4.89. The molecule has 0 fully saturated rings. The first-order valence-corrected chi connectivity index (χ1v) is 4.40. The predicted molar refractivity (Wildman–Crippen MR) is 53.2 cm³/mol. The summed E-state index contributed by atoms with van der Waals surface area (Å²) in [5.74, 6) is 0.746. The fourth-order valence-corrected chi connectivity index (χ4v) is 1.55. The Kier molecular flexibility index (Phi) is 2.13. The zero-order valence-electron chi connectivity index (χ0n) is 8.20. The number of ether oxygens (including phenoxy) is 1. The van der Waals surface area contributed by atoms with Gasteiger partial charge in [-0.3, -0.25) is 0 Å². The third kappa shape index (κ3) is 1.15. The molecule has 0 bridgehead atoms.